The van der Waals surface area contributed by atoms with Crippen LogP contribution in [-0.2, 0) is 12.8 Å². The van der Waals surface area contributed by atoms with Crippen LogP contribution in [0.25, 0.3) is 16.3 Å². The Hall–Kier alpha value is -1.56. The minimum Gasteiger partial charge on any atom is -0.0807 e. The van der Waals surface area contributed by atoms with Gasteiger partial charge in [-0.25, -0.2) is 0 Å². The first-order valence-electron chi connectivity index (χ1n) is 8.66. The van der Waals surface area contributed by atoms with E-state index >= 15 is 0 Å². The first-order valence-corrected chi connectivity index (χ1v) is 8.66. The van der Waals surface area contributed by atoms with E-state index in [1.54, 1.807) is 27.6 Å². The number of benzene rings is 2. The minimum absolute atomic E-state index is 1.22. The molecule has 2 aromatic rings. The second-order valence-corrected chi connectivity index (χ2v) is 5.24. The van der Waals surface area contributed by atoms with Gasteiger partial charge in [0.15, 0.2) is 0 Å². The molecular weight excluding hydrogens is 252 g/mol. The van der Waals surface area contributed by atoms with Crippen LogP contribution in [-0.4, -0.2) is 0 Å². The first-order chi connectivity index (χ1) is 10.4. The molecule has 0 aromatic heterocycles. The van der Waals surface area contributed by atoms with Crippen molar-refractivity contribution in [2.45, 2.75) is 59.8 Å². The van der Waals surface area contributed by atoms with Crippen LogP contribution in [0.15, 0.2) is 36.4 Å². The fourth-order valence-electron chi connectivity index (χ4n) is 3.45. The number of allylic oxidation sites excluding steroid dienone is 2. The summed E-state index contributed by atoms with van der Waals surface area (Å²) in [5, 5.41) is 2.97. The molecule has 0 saturated heterocycles. The van der Waals surface area contributed by atoms with E-state index in [9.17, 15) is 0 Å². The van der Waals surface area contributed by atoms with E-state index in [1.165, 1.54) is 37.5 Å². The summed E-state index contributed by atoms with van der Waals surface area (Å²) < 4.78 is 0. The zero-order valence-corrected chi connectivity index (χ0v) is 14.0. The van der Waals surface area contributed by atoms with Crippen molar-refractivity contribution in [3.8, 4) is 0 Å². The highest BCUT2D eigenvalue weighted by Gasteiger charge is 2.20. The van der Waals surface area contributed by atoms with E-state index in [2.05, 4.69) is 36.4 Å². The molecule has 0 radical (unpaired) electrons. The summed E-state index contributed by atoms with van der Waals surface area (Å²) in [5.74, 6) is 0. The summed E-state index contributed by atoms with van der Waals surface area (Å²) >= 11 is 0. The van der Waals surface area contributed by atoms with Gasteiger partial charge in [0, 0.05) is 0 Å². The fraction of sp³-hybridized carbons (Fsp3) is 0.429. The molecule has 0 nitrogen and oxygen atoms in total. The van der Waals surface area contributed by atoms with E-state index in [4.69, 9.17) is 0 Å². The second kappa shape index (κ2) is 7.45. The molecule has 112 valence electrons. The molecule has 0 amide bonds. The smallest absolute Gasteiger partial charge is 0.00738 e. The highest BCUT2D eigenvalue weighted by Crippen LogP contribution is 2.40. The molecule has 0 spiro atoms. The second-order valence-electron chi connectivity index (χ2n) is 5.24. The summed E-state index contributed by atoms with van der Waals surface area (Å²) in [6.45, 7) is 8.00. The number of hydrogen-bond donors (Lipinski definition) is 0. The molecule has 2 aromatic carbocycles. The zero-order chi connectivity index (χ0) is 15.2. The van der Waals surface area contributed by atoms with Crippen molar-refractivity contribution in [2.24, 2.45) is 0 Å². The van der Waals surface area contributed by atoms with Gasteiger partial charge < -0.3 is 0 Å². The molecule has 0 aliphatic heterocycles. The lowest BCUT2D eigenvalue weighted by Gasteiger charge is -2.22. The van der Waals surface area contributed by atoms with Crippen molar-refractivity contribution in [3.05, 3.63) is 53.1 Å². The van der Waals surface area contributed by atoms with Gasteiger partial charge in [0.2, 0.25) is 0 Å². The lowest BCUT2D eigenvalue weighted by atomic mass is 9.82. The molecule has 21 heavy (non-hydrogen) atoms. The van der Waals surface area contributed by atoms with Crippen molar-refractivity contribution in [1.29, 1.82) is 0 Å². The van der Waals surface area contributed by atoms with E-state index in [1.807, 2.05) is 27.7 Å². The van der Waals surface area contributed by atoms with Crippen molar-refractivity contribution in [3.63, 3.8) is 0 Å². The lowest BCUT2D eigenvalue weighted by Crippen LogP contribution is -2.03. The predicted molar refractivity (Wildman–Crippen MR) is 95.9 cm³/mol. The van der Waals surface area contributed by atoms with Crippen LogP contribution in [0.3, 0.4) is 0 Å². The third-order valence-corrected chi connectivity index (χ3v) is 4.24. The maximum absolute atomic E-state index is 2.49. The highest BCUT2D eigenvalue weighted by molar-refractivity contribution is 5.99. The molecule has 0 atom stereocenters. The zero-order valence-electron chi connectivity index (χ0n) is 14.0. The minimum atomic E-state index is 1.22. The third kappa shape index (κ3) is 2.90. The molecule has 0 bridgehead atoms. The van der Waals surface area contributed by atoms with Gasteiger partial charge in [-0.05, 0) is 65.1 Å². The van der Waals surface area contributed by atoms with Crippen molar-refractivity contribution >= 4 is 16.3 Å². The summed E-state index contributed by atoms with van der Waals surface area (Å²) in [5.41, 5.74) is 6.33. The molecule has 0 saturated carbocycles. The summed E-state index contributed by atoms with van der Waals surface area (Å²) in [4.78, 5) is 0. The Kier molecular flexibility index (Phi) is 5.61. The van der Waals surface area contributed by atoms with Crippen molar-refractivity contribution in [1.82, 2.24) is 0 Å². The average molecular weight is 280 g/mol. The van der Waals surface area contributed by atoms with Crippen LogP contribution in [0, 0.1) is 0 Å². The van der Waals surface area contributed by atoms with Crippen LogP contribution in [0.4, 0.5) is 0 Å². The Labute approximate surface area is 129 Å². The quantitative estimate of drug-likeness (QED) is 0.512. The van der Waals surface area contributed by atoms with Crippen molar-refractivity contribution < 1.29 is 0 Å². The van der Waals surface area contributed by atoms with E-state index in [-0.39, 0.29) is 0 Å². The monoisotopic (exact) mass is 280 g/mol. The van der Waals surface area contributed by atoms with Crippen LogP contribution in [0.2, 0.25) is 0 Å². The fourth-order valence-corrected chi connectivity index (χ4v) is 3.45. The maximum atomic E-state index is 2.49. The molecule has 0 N–H and O–H groups in total. The predicted octanol–water partition coefficient (Wildman–Crippen LogP) is 6.56. The topological polar surface area (TPSA) is 0 Å². The van der Waals surface area contributed by atoms with Gasteiger partial charge in [-0.1, -0.05) is 64.1 Å². The Balaban J connectivity index is 0.000000374. The highest BCUT2D eigenvalue weighted by atomic mass is 14.2. The number of hydrogen-bond acceptors (Lipinski definition) is 0. The van der Waals surface area contributed by atoms with Crippen LogP contribution in [0.5, 0.6) is 0 Å². The number of rotatable bonds is 0. The number of aryl methyl sites for hydroxylation is 2. The summed E-state index contributed by atoms with van der Waals surface area (Å²) in [6.07, 6.45) is 8.77. The summed E-state index contributed by atoms with van der Waals surface area (Å²) in [7, 11) is 0. The first kappa shape index (κ1) is 15.8. The van der Waals surface area contributed by atoms with E-state index in [0.717, 1.165) is 0 Å². The molecule has 0 heteroatoms. The standard InChI is InChI=1S/C17H16.2C2H6/c1-2-5-13-9-11-15-7-3-6-14-10-8-12(4-1)16(13)17(14)15;2*1-2/h3-4,6-7,9,11H,1-2,5,8,10H2;2*1-2H3. The lowest BCUT2D eigenvalue weighted by molar-refractivity contribution is 0.852. The van der Waals surface area contributed by atoms with Crippen LogP contribution in [0.1, 0.15) is 63.6 Å². The molecule has 0 heterocycles. The van der Waals surface area contributed by atoms with Crippen LogP contribution < -0.4 is 0 Å². The average Bonchev–Trinajstić information content (AvgIpc) is 2.80. The molecule has 0 unspecified atom stereocenters. The summed E-state index contributed by atoms with van der Waals surface area (Å²) in [6, 6.07) is 11.4. The Morgan fingerprint density at radius 3 is 2.38 bits per heavy atom. The Bertz CT molecular complexity index is 632. The third-order valence-electron chi connectivity index (χ3n) is 4.24. The van der Waals surface area contributed by atoms with E-state index < -0.39 is 0 Å². The van der Waals surface area contributed by atoms with Crippen molar-refractivity contribution in [2.75, 3.05) is 0 Å². The van der Waals surface area contributed by atoms with Gasteiger partial charge in [-0.15, -0.1) is 0 Å². The molecular formula is C21H28. The Morgan fingerprint density at radius 2 is 1.57 bits per heavy atom. The van der Waals surface area contributed by atoms with Gasteiger partial charge in [-0.3, -0.25) is 0 Å². The SMILES string of the molecule is C1=C2CCc3cccc4ccc(c2c34)CCC1.CC.CC. The van der Waals surface area contributed by atoms with Gasteiger partial charge >= 0.3 is 0 Å². The largest absolute Gasteiger partial charge is 0.0807 e. The van der Waals surface area contributed by atoms with Gasteiger partial charge in [-0.2, -0.15) is 0 Å². The molecule has 2 aliphatic carbocycles. The normalized spacial score (nSPS) is 15.0. The molecule has 0 fully saturated rings. The maximum Gasteiger partial charge on any atom is -0.00738 e. The van der Waals surface area contributed by atoms with Gasteiger partial charge in [0.25, 0.3) is 0 Å². The molecule has 2 aliphatic rings. The van der Waals surface area contributed by atoms with E-state index in [0.29, 0.717) is 0 Å². The van der Waals surface area contributed by atoms with Crippen LogP contribution >= 0.6 is 0 Å². The molecule has 4 rings (SSSR count). The van der Waals surface area contributed by atoms with Gasteiger partial charge in [0.1, 0.15) is 0 Å². The van der Waals surface area contributed by atoms with Gasteiger partial charge in [0.05, 0.1) is 0 Å². The Morgan fingerprint density at radius 1 is 0.762 bits per heavy atom.